The maximum absolute atomic E-state index is 12.7. The van der Waals surface area contributed by atoms with E-state index < -0.39 is 7.60 Å². The van der Waals surface area contributed by atoms with E-state index in [-0.39, 0.29) is 5.30 Å². The van der Waals surface area contributed by atoms with Gasteiger partial charge in [0.2, 0.25) is 0 Å². The summed E-state index contributed by atoms with van der Waals surface area (Å²) < 4.78 is 18.2. The van der Waals surface area contributed by atoms with Crippen LogP contribution in [-0.4, -0.2) is 4.89 Å². The van der Waals surface area contributed by atoms with Crippen LogP contribution in [0.5, 0.6) is 0 Å². The SMILES string of the molecule is O=P(O)(ON(c1ccccc1)c1ccccc1)c1ccccc1. The summed E-state index contributed by atoms with van der Waals surface area (Å²) in [6.45, 7) is 0. The summed E-state index contributed by atoms with van der Waals surface area (Å²) in [7, 11) is -4.01. The molecule has 1 unspecified atom stereocenters. The first-order chi connectivity index (χ1) is 11.2. The van der Waals surface area contributed by atoms with Gasteiger partial charge in [-0.3, -0.25) is 4.57 Å². The molecule has 0 saturated carbocycles. The van der Waals surface area contributed by atoms with Crippen LogP contribution in [0, 0.1) is 0 Å². The first-order valence-corrected chi connectivity index (χ1v) is 8.73. The average molecular weight is 325 g/mol. The maximum Gasteiger partial charge on any atom is 0.380 e. The summed E-state index contributed by atoms with van der Waals surface area (Å²) in [5.74, 6) is 0. The first kappa shape index (κ1) is 15.5. The van der Waals surface area contributed by atoms with Crippen LogP contribution in [0.3, 0.4) is 0 Å². The molecule has 3 rings (SSSR count). The third-order valence-corrected chi connectivity index (χ3v) is 4.59. The van der Waals surface area contributed by atoms with Crippen molar-refractivity contribution in [3.63, 3.8) is 0 Å². The summed E-state index contributed by atoms with van der Waals surface area (Å²) >= 11 is 0. The zero-order chi connectivity index (χ0) is 16.1. The van der Waals surface area contributed by atoms with Crippen molar-refractivity contribution in [1.82, 2.24) is 0 Å². The van der Waals surface area contributed by atoms with Gasteiger partial charge in [-0.05, 0) is 36.4 Å². The highest BCUT2D eigenvalue weighted by Gasteiger charge is 2.27. The van der Waals surface area contributed by atoms with Gasteiger partial charge < -0.3 is 4.89 Å². The molecule has 116 valence electrons. The van der Waals surface area contributed by atoms with Crippen LogP contribution in [0.15, 0.2) is 91.0 Å². The second kappa shape index (κ2) is 6.80. The van der Waals surface area contributed by atoms with Crippen molar-refractivity contribution < 1.29 is 14.1 Å². The van der Waals surface area contributed by atoms with Crippen molar-refractivity contribution in [3.8, 4) is 0 Å². The van der Waals surface area contributed by atoms with Gasteiger partial charge in [-0.25, -0.2) is 5.06 Å². The summed E-state index contributed by atoms with van der Waals surface area (Å²) in [4.78, 5) is 10.4. The van der Waals surface area contributed by atoms with Crippen molar-refractivity contribution in [3.05, 3.63) is 91.0 Å². The molecule has 0 aliphatic heterocycles. The van der Waals surface area contributed by atoms with Crippen LogP contribution in [0.25, 0.3) is 0 Å². The van der Waals surface area contributed by atoms with Crippen molar-refractivity contribution in [1.29, 1.82) is 0 Å². The molecule has 0 aliphatic carbocycles. The number of hydrogen-bond donors (Lipinski definition) is 1. The van der Waals surface area contributed by atoms with Crippen LogP contribution in [-0.2, 0) is 9.19 Å². The Balaban J connectivity index is 1.99. The lowest BCUT2D eigenvalue weighted by Gasteiger charge is -2.26. The lowest BCUT2D eigenvalue weighted by molar-refractivity contribution is 0.273. The summed E-state index contributed by atoms with van der Waals surface area (Å²) in [5, 5.41) is 1.63. The molecule has 0 bridgehead atoms. The zero-order valence-electron chi connectivity index (χ0n) is 12.3. The molecule has 0 aliphatic rings. The Bertz CT molecular complexity index is 755. The van der Waals surface area contributed by atoms with Gasteiger partial charge in [0, 0.05) is 0 Å². The van der Waals surface area contributed by atoms with E-state index in [0.29, 0.717) is 11.4 Å². The van der Waals surface area contributed by atoms with E-state index >= 15 is 0 Å². The Hall–Kier alpha value is -2.39. The highest BCUT2D eigenvalue weighted by molar-refractivity contribution is 7.61. The number of benzene rings is 3. The lowest BCUT2D eigenvalue weighted by atomic mass is 10.2. The minimum atomic E-state index is -4.01. The predicted octanol–water partition coefficient (Wildman–Crippen LogP) is 4.27. The number of para-hydroxylation sites is 2. The van der Waals surface area contributed by atoms with Gasteiger partial charge in [-0.1, -0.05) is 54.6 Å². The molecular weight excluding hydrogens is 309 g/mol. The molecule has 4 nitrogen and oxygen atoms in total. The highest BCUT2D eigenvalue weighted by atomic mass is 31.2. The van der Waals surface area contributed by atoms with Gasteiger partial charge in [-0.2, -0.15) is 4.62 Å². The molecule has 0 aromatic heterocycles. The third-order valence-electron chi connectivity index (χ3n) is 3.26. The van der Waals surface area contributed by atoms with E-state index in [4.69, 9.17) is 4.62 Å². The number of rotatable bonds is 5. The largest absolute Gasteiger partial charge is 0.380 e. The molecule has 0 fully saturated rings. The van der Waals surface area contributed by atoms with Gasteiger partial charge in [0.05, 0.1) is 16.7 Å². The maximum atomic E-state index is 12.7. The standard InChI is InChI=1S/C18H16NO3P/c20-23(21,18-14-8-3-9-15-18)22-19(16-10-4-1-5-11-16)17-12-6-2-7-13-17/h1-15H,(H,20,21). The fourth-order valence-electron chi connectivity index (χ4n) is 2.14. The predicted molar refractivity (Wildman–Crippen MR) is 92.0 cm³/mol. The molecule has 0 saturated heterocycles. The smallest absolute Gasteiger partial charge is 0.320 e. The zero-order valence-corrected chi connectivity index (χ0v) is 13.2. The van der Waals surface area contributed by atoms with Gasteiger partial charge >= 0.3 is 7.60 Å². The monoisotopic (exact) mass is 325 g/mol. The first-order valence-electron chi connectivity index (χ1n) is 7.15. The Morgan fingerprint density at radius 2 is 1.09 bits per heavy atom. The molecule has 3 aromatic rings. The molecule has 5 heteroatoms. The highest BCUT2D eigenvalue weighted by Crippen LogP contribution is 2.45. The second-order valence-corrected chi connectivity index (χ2v) is 6.62. The van der Waals surface area contributed by atoms with Crippen molar-refractivity contribution in [2.24, 2.45) is 0 Å². The van der Waals surface area contributed by atoms with Gasteiger partial charge in [0.25, 0.3) is 0 Å². The van der Waals surface area contributed by atoms with Crippen LogP contribution >= 0.6 is 7.60 Å². The molecule has 1 N–H and O–H groups in total. The van der Waals surface area contributed by atoms with E-state index in [0.717, 1.165) is 0 Å². The molecule has 0 radical (unpaired) electrons. The minimum Gasteiger partial charge on any atom is -0.320 e. The molecule has 23 heavy (non-hydrogen) atoms. The van der Waals surface area contributed by atoms with E-state index in [2.05, 4.69) is 0 Å². The Kier molecular flexibility index (Phi) is 4.58. The average Bonchev–Trinajstić information content (AvgIpc) is 2.62. The second-order valence-electron chi connectivity index (χ2n) is 4.90. The van der Waals surface area contributed by atoms with Crippen molar-refractivity contribution in [2.45, 2.75) is 0 Å². The Morgan fingerprint density at radius 1 is 0.696 bits per heavy atom. The quantitative estimate of drug-likeness (QED) is 0.562. The van der Waals surface area contributed by atoms with Crippen molar-refractivity contribution in [2.75, 3.05) is 5.06 Å². The summed E-state index contributed by atoms with van der Waals surface area (Å²) in [6.07, 6.45) is 0. The number of hydrogen-bond acceptors (Lipinski definition) is 3. The summed E-state index contributed by atoms with van der Waals surface area (Å²) in [6, 6.07) is 26.8. The van der Waals surface area contributed by atoms with Gasteiger partial charge in [0.15, 0.2) is 0 Å². The van der Waals surface area contributed by atoms with Crippen LogP contribution < -0.4 is 10.4 Å². The summed E-state index contributed by atoms with van der Waals surface area (Å²) in [5.41, 5.74) is 1.34. The Labute approximate surface area is 135 Å². The molecule has 0 heterocycles. The van der Waals surface area contributed by atoms with E-state index in [1.807, 2.05) is 60.7 Å². The third kappa shape index (κ3) is 3.69. The Morgan fingerprint density at radius 3 is 1.52 bits per heavy atom. The van der Waals surface area contributed by atoms with Crippen molar-refractivity contribution >= 4 is 24.3 Å². The van der Waals surface area contributed by atoms with Crippen LogP contribution in [0.2, 0.25) is 0 Å². The van der Waals surface area contributed by atoms with Crippen LogP contribution in [0.1, 0.15) is 0 Å². The van der Waals surface area contributed by atoms with E-state index in [9.17, 15) is 9.46 Å². The molecule has 0 spiro atoms. The van der Waals surface area contributed by atoms with Gasteiger partial charge in [-0.15, -0.1) is 0 Å². The fourth-order valence-corrected chi connectivity index (χ4v) is 3.20. The fraction of sp³-hybridized carbons (Fsp3) is 0. The van der Waals surface area contributed by atoms with Gasteiger partial charge in [0.1, 0.15) is 0 Å². The lowest BCUT2D eigenvalue weighted by Crippen LogP contribution is -2.20. The van der Waals surface area contributed by atoms with E-state index in [1.54, 1.807) is 30.3 Å². The number of nitrogens with zero attached hydrogens (tertiary/aromatic N) is 1. The molecule has 1 atom stereocenters. The minimum absolute atomic E-state index is 0.247. The molecular formula is C18H16NO3P. The number of anilines is 2. The molecule has 0 amide bonds. The normalized spacial score (nSPS) is 13.3. The topological polar surface area (TPSA) is 49.8 Å². The van der Waals surface area contributed by atoms with E-state index in [1.165, 1.54) is 5.06 Å². The van der Waals surface area contributed by atoms with Crippen LogP contribution in [0.4, 0.5) is 11.4 Å². The molecule has 3 aromatic carbocycles.